The molecule has 0 spiro atoms. The molecule has 1 heterocycles. The second-order valence-corrected chi connectivity index (χ2v) is 6.64. The fourth-order valence-electron chi connectivity index (χ4n) is 2.71. The summed E-state index contributed by atoms with van der Waals surface area (Å²) in [5.41, 5.74) is 0.283. The molecule has 2 amide bonds. The van der Waals surface area contributed by atoms with Crippen molar-refractivity contribution in [3.63, 3.8) is 0 Å². The molecule has 1 N–H and O–H groups in total. The molecule has 0 fully saturated rings. The first kappa shape index (κ1) is 21.0. The van der Waals surface area contributed by atoms with Gasteiger partial charge in [0.15, 0.2) is 5.69 Å². The van der Waals surface area contributed by atoms with Crippen molar-refractivity contribution in [1.29, 1.82) is 0 Å². The summed E-state index contributed by atoms with van der Waals surface area (Å²) < 4.78 is 40.5. The number of amides is 2. The van der Waals surface area contributed by atoms with Gasteiger partial charge >= 0.3 is 6.18 Å². The second kappa shape index (κ2) is 8.36. The first-order valence-corrected chi connectivity index (χ1v) is 8.86. The Hall–Kier alpha value is -3.69. The number of benzene rings is 2. The van der Waals surface area contributed by atoms with E-state index < -0.39 is 23.6 Å². The standard InChI is InChI=1S/C20H18F3N5O2/c1-13-7-9-14(10-8-13)24-18(29)12-27(2)19(30)16-11-28(26-25-16)17-6-4-3-5-15(17)20(21,22)23/h3-11H,12H2,1-2H3,(H,24,29). The third kappa shape index (κ3) is 4.83. The Morgan fingerprint density at radius 3 is 2.43 bits per heavy atom. The lowest BCUT2D eigenvalue weighted by atomic mass is 10.1. The normalized spacial score (nSPS) is 11.2. The van der Waals surface area contributed by atoms with Gasteiger partial charge in [-0.1, -0.05) is 35.0 Å². The van der Waals surface area contributed by atoms with Gasteiger partial charge in [-0.15, -0.1) is 5.10 Å². The Balaban J connectivity index is 1.70. The zero-order valence-corrected chi connectivity index (χ0v) is 16.1. The number of hydrogen-bond acceptors (Lipinski definition) is 4. The summed E-state index contributed by atoms with van der Waals surface area (Å²) in [5, 5.41) is 9.96. The highest BCUT2D eigenvalue weighted by Gasteiger charge is 2.34. The smallest absolute Gasteiger partial charge is 0.331 e. The summed E-state index contributed by atoms with van der Waals surface area (Å²) >= 11 is 0. The third-order valence-corrected chi connectivity index (χ3v) is 4.23. The van der Waals surface area contributed by atoms with Gasteiger partial charge in [0.2, 0.25) is 5.91 Å². The van der Waals surface area contributed by atoms with Crippen LogP contribution in [0.15, 0.2) is 54.7 Å². The fraction of sp³-hybridized carbons (Fsp3) is 0.200. The number of aryl methyl sites for hydroxylation is 1. The first-order valence-electron chi connectivity index (χ1n) is 8.86. The van der Waals surface area contributed by atoms with Crippen LogP contribution in [0, 0.1) is 6.92 Å². The van der Waals surface area contributed by atoms with Gasteiger partial charge in [-0.25, -0.2) is 4.68 Å². The number of alkyl halides is 3. The summed E-state index contributed by atoms with van der Waals surface area (Å²) in [6.07, 6.45) is -3.49. The Morgan fingerprint density at radius 2 is 1.77 bits per heavy atom. The molecule has 0 radical (unpaired) electrons. The monoisotopic (exact) mass is 417 g/mol. The maximum absolute atomic E-state index is 13.2. The van der Waals surface area contributed by atoms with Gasteiger partial charge in [0, 0.05) is 12.7 Å². The van der Waals surface area contributed by atoms with Crippen molar-refractivity contribution in [2.24, 2.45) is 0 Å². The van der Waals surface area contributed by atoms with Crippen molar-refractivity contribution in [2.75, 3.05) is 18.9 Å². The molecule has 7 nitrogen and oxygen atoms in total. The number of carbonyl (C=O) groups excluding carboxylic acids is 2. The van der Waals surface area contributed by atoms with E-state index in [4.69, 9.17) is 0 Å². The predicted octanol–water partition coefficient (Wildman–Crippen LogP) is 3.31. The molecule has 3 rings (SSSR count). The van der Waals surface area contributed by atoms with Crippen molar-refractivity contribution in [1.82, 2.24) is 19.9 Å². The number of aromatic nitrogens is 3. The SMILES string of the molecule is Cc1ccc(NC(=O)CN(C)C(=O)c2cn(-c3ccccc3C(F)(F)F)nn2)cc1. The van der Waals surface area contributed by atoms with Gasteiger partial charge in [0.1, 0.15) is 0 Å². The maximum Gasteiger partial charge on any atom is 0.418 e. The number of halogens is 3. The van der Waals surface area contributed by atoms with Crippen LogP contribution in [0.3, 0.4) is 0 Å². The predicted molar refractivity (Wildman–Crippen MR) is 103 cm³/mol. The van der Waals surface area contributed by atoms with Gasteiger partial charge in [0.25, 0.3) is 5.91 Å². The molecule has 0 unspecified atom stereocenters. The van der Waals surface area contributed by atoms with E-state index in [9.17, 15) is 22.8 Å². The molecule has 0 aliphatic rings. The number of rotatable bonds is 5. The Labute approximate surface area is 170 Å². The molecule has 0 saturated heterocycles. The summed E-state index contributed by atoms with van der Waals surface area (Å²) in [4.78, 5) is 25.8. The molecule has 0 atom stereocenters. The molecule has 156 valence electrons. The van der Waals surface area contributed by atoms with E-state index in [2.05, 4.69) is 15.6 Å². The van der Waals surface area contributed by atoms with E-state index >= 15 is 0 Å². The van der Waals surface area contributed by atoms with Crippen molar-refractivity contribution >= 4 is 17.5 Å². The van der Waals surface area contributed by atoms with Crippen LogP contribution >= 0.6 is 0 Å². The summed E-state index contributed by atoms with van der Waals surface area (Å²) in [6.45, 7) is 1.65. The molecular formula is C20H18F3N5O2. The van der Waals surface area contributed by atoms with Crippen molar-refractivity contribution in [3.8, 4) is 5.69 Å². The lowest BCUT2D eigenvalue weighted by molar-refractivity contribution is -0.137. The van der Waals surface area contributed by atoms with E-state index in [1.165, 1.54) is 25.2 Å². The number of nitrogens with zero attached hydrogens (tertiary/aromatic N) is 4. The highest BCUT2D eigenvalue weighted by atomic mass is 19.4. The molecule has 2 aromatic carbocycles. The number of carbonyl (C=O) groups is 2. The molecule has 0 aliphatic carbocycles. The van der Waals surface area contributed by atoms with Gasteiger partial charge in [-0.3, -0.25) is 9.59 Å². The Kier molecular flexibility index (Phi) is 5.86. The lowest BCUT2D eigenvalue weighted by Crippen LogP contribution is -2.35. The molecule has 0 saturated carbocycles. The van der Waals surface area contributed by atoms with Crippen LogP contribution in [0.5, 0.6) is 0 Å². The van der Waals surface area contributed by atoms with Crippen LogP contribution in [0.1, 0.15) is 21.6 Å². The minimum absolute atomic E-state index is 0.183. The van der Waals surface area contributed by atoms with Crippen LogP contribution < -0.4 is 5.32 Å². The number of anilines is 1. The van der Waals surface area contributed by atoms with Crippen LogP contribution in [-0.2, 0) is 11.0 Å². The van der Waals surface area contributed by atoms with Crippen LogP contribution in [0.25, 0.3) is 5.69 Å². The van der Waals surface area contributed by atoms with E-state index in [-0.39, 0.29) is 17.9 Å². The van der Waals surface area contributed by atoms with Gasteiger partial charge in [-0.05, 0) is 31.2 Å². The zero-order chi connectivity index (χ0) is 21.9. The summed E-state index contributed by atoms with van der Waals surface area (Å²) in [7, 11) is 1.39. The van der Waals surface area contributed by atoms with Gasteiger partial charge < -0.3 is 10.2 Å². The highest BCUT2D eigenvalue weighted by molar-refractivity contribution is 5.98. The molecular weight excluding hydrogens is 399 g/mol. The first-order chi connectivity index (χ1) is 14.1. The summed E-state index contributed by atoms with van der Waals surface area (Å²) in [6, 6.07) is 12.0. The molecule has 0 bridgehead atoms. The second-order valence-electron chi connectivity index (χ2n) is 6.64. The number of para-hydroxylation sites is 1. The zero-order valence-electron chi connectivity index (χ0n) is 16.1. The maximum atomic E-state index is 13.2. The quantitative estimate of drug-likeness (QED) is 0.691. The molecule has 3 aromatic rings. The Bertz CT molecular complexity index is 1060. The summed E-state index contributed by atoms with van der Waals surface area (Å²) in [5.74, 6) is -1.07. The fourth-order valence-corrected chi connectivity index (χ4v) is 2.71. The largest absolute Gasteiger partial charge is 0.418 e. The van der Waals surface area contributed by atoms with Crippen LogP contribution in [0.2, 0.25) is 0 Å². The average Bonchev–Trinajstić information content (AvgIpc) is 3.18. The van der Waals surface area contributed by atoms with Crippen molar-refractivity contribution in [3.05, 3.63) is 71.5 Å². The van der Waals surface area contributed by atoms with Gasteiger partial charge in [-0.2, -0.15) is 13.2 Å². The minimum atomic E-state index is -4.59. The number of likely N-dealkylation sites (N-methyl/N-ethyl adjacent to an activating group) is 1. The molecule has 0 aliphatic heterocycles. The Morgan fingerprint density at radius 1 is 1.10 bits per heavy atom. The van der Waals surface area contributed by atoms with E-state index in [0.717, 1.165) is 27.4 Å². The molecule has 10 heteroatoms. The topological polar surface area (TPSA) is 80.1 Å². The van der Waals surface area contributed by atoms with Gasteiger partial charge in [0.05, 0.1) is 24.0 Å². The number of nitrogens with one attached hydrogen (secondary N) is 1. The average molecular weight is 417 g/mol. The highest BCUT2D eigenvalue weighted by Crippen LogP contribution is 2.33. The lowest BCUT2D eigenvalue weighted by Gasteiger charge is -2.15. The molecule has 30 heavy (non-hydrogen) atoms. The molecule has 1 aromatic heterocycles. The van der Waals surface area contributed by atoms with E-state index in [1.54, 1.807) is 12.1 Å². The number of hydrogen-bond donors (Lipinski definition) is 1. The van der Waals surface area contributed by atoms with E-state index in [1.807, 2.05) is 19.1 Å². The van der Waals surface area contributed by atoms with Crippen LogP contribution in [-0.4, -0.2) is 45.3 Å². The third-order valence-electron chi connectivity index (χ3n) is 4.23. The van der Waals surface area contributed by atoms with Crippen LogP contribution in [0.4, 0.5) is 18.9 Å². The van der Waals surface area contributed by atoms with Crippen molar-refractivity contribution < 1.29 is 22.8 Å². The van der Waals surface area contributed by atoms with Crippen molar-refractivity contribution in [2.45, 2.75) is 13.1 Å². The minimum Gasteiger partial charge on any atom is -0.331 e. The van der Waals surface area contributed by atoms with E-state index in [0.29, 0.717) is 5.69 Å².